The summed E-state index contributed by atoms with van der Waals surface area (Å²) in [5, 5.41) is 9.07. The van der Waals surface area contributed by atoms with Crippen molar-refractivity contribution in [2.24, 2.45) is 11.3 Å². The number of piperidine rings is 2. The van der Waals surface area contributed by atoms with Crippen molar-refractivity contribution >= 4 is 12.0 Å². The zero-order chi connectivity index (χ0) is 14.0. The van der Waals surface area contributed by atoms with Crippen LogP contribution >= 0.6 is 0 Å². The van der Waals surface area contributed by atoms with Gasteiger partial charge in [-0.05, 0) is 31.1 Å². The number of urea groups is 1. The minimum atomic E-state index is -0.780. The fraction of sp³-hybridized carbons (Fsp3) is 0.857. The molecule has 2 fully saturated rings. The predicted molar refractivity (Wildman–Crippen MR) is 71.9 cm³/mol. The summed E-state index contributed by atoms with van der Waals surface area (Å²) in [6.07, 6.45) is 3.53. The zero-order valence-electron chi connectivity index (χ0n) is 11.9. The fourth-order valence-corrected chi connectivity index (χ4v) is 2.86. The Bertz CT molecular complexity index is 358. The molecule has 19 heavy (non-hydrogen) atoms. The molecule has 0 aromatic heterocycles. The number of amides is 2. The van der Waals surface area contributed by atoms with Gasteiger partial charge in [-0.1, -0.05) is 13.8 Å². The topological polar surface area (TPSA) is 60.9 Å². The van der Waals surface area contributed by atoms with E-state index in [0.29, 0.717) is 24.9 Å². The molecular weight excluding hydrogens is 244 g/mol. The van der Waals surface area contributed by atoms with Gasteiger partial charge < -0.3 is 14.9 Å². The maximum absolute atomic E-state index is 12.4. The molecule has 2 amide bonds. The van der Waals surface area contributed by atoms with Gasteiger partial charge in [0.25, 0.3) is 0 Å². The molecule has 2 saturated heterocycles. The normalized spacial score (nSPS) is 27.2. The van der Waals surface area contributed by atoms with Gasteiger partial charge >= 0.3 is 12.0 Å². The molecule has 0 saturated carbocycles. The quantitative estimate of drug-likeness (QED) is 0.791. The van der Waals surface area contributed by atoms with E-state index in [1.165, 1.54) is 0 Å². The third kappa shape index (κ3) is 3.39. The highest BCUT2D eigenvalue weighted by Gasteiger charge is 2.33. The van der Waals surface area contributed by atoms with Gasteiger partial charge in [-0.3, -0.25) is 4.79 Å². The molecule has 2 heterocycles. The van der Waals surface area contributed by atoms with Crippen molar-refractivity contribution in [3.05, 3.63) is 0 Å². The Morgan fingerprint density at radius 3 is 2.32 bits per heavy atom. The first-order valence-corrected chi connectivity index (χ1v) is 7.16. The van der Waals surface area contributed by atoms with E-state index in [9.17, 15) is 9.59 Å². The molecule has 2 aliphatic heterocycles. The number of carbonyl (C=O) groups is 2. The Morgan fingerprint density at radius 1 is 1.11 bits per heavy atom. The minimum absolute atomic E-state index is 0.0291. The summed E-state index contributed by atoms with van der Waals surface area (Å²) in [6.45, 7) is 7.11. The third-order valence-electron chi connectivity index (χ3n) is 4.43. The molecule has 1 unspecified atom stereocenters. The van der Waals surface area contributed by atoms with Crippen LogP contribution in [0.3, 0.4) is 0 Å². The summed E-state index contributed by atoms with van der Waals surface area (Å²) in [7, 11) is 0. The van der Waals surface area contributed by atoms with Crippen molar-refractivity contribution in [1.29, 1.82) is 0 Å². The van der Waals surface area contributed by atoms with Crippen molar-refractivity contribution in [2.75, 3.05) is 26.2 Å². The van der Waals surface area contributed by atoms with Crippen LogP contribution in [0.15, 0.2) is 0 Å². The fourth-order valence-electron chi connectivity index (χ4n) is 2.86. The van der Waals surface area contributed by atoms with Gasteiger partial charge in [0.1, 0.15) is 0 Å². The third-order valence-corrected chi connectivity index (χ3v) is 4.43. The van der Waals surface area contributed by atoms with E-state index in [2.05, 4.69) is 13.8 Å². The van der Waals surface area contributed by atoms with Gasteiger partial charge in [0.15, 0.2) is 0 Å². The Balaban J connectivity index is 1.91. The monoisotopic (exact) mass is 268 g/mol. The van der Waals surface area contributed by atoms with Crippen LogP contribution in [0.5, 0.6) is 0 Å². The lowest BCUT2D eigenvalue weighted by Crippen LogP contribution is -2.51. The lowest BCUT2D eigenvalue weighted by molar-refractivity contribution is -0.143. The first-order valence-electron chi connectivity index (χ1n) is 7.16. The molecule has 0 bridgehead atoms. The summed E-state index contributed by atoms with van der Waals surface area (Å²) in [6, 6.07) is 0.0291. The number of hydrogen-bond donors (Lipinski definition) is 1. The number of rotatable bonds is 1. The lowest BCUT2D eigenvalue weighted by Gasteiger charge is -2.40. The molecule has 108 valence electrons. The van der Waals surface area contributed by atoms with Gasteiger partial charge in [0, 0.05) is 26.2 Å². The Labute approximate surface area is 114 Å². The highest BCUT2D eigenvalue weighted by atomic mass is 16.4. The molecule has 0 aliphatic carbocycles. The summed E-state index contributed by atoms with van der Waals surface area (Å²) in [4.78, 5) is 27.0. The predicted octanol–water partition coefficient (Wildman–Crippen LogP) is 2.03. The maximum atomic E-state index is 12.4. The lowest BCUT2D eigenvalue weighted by atomic mass is 9.83. The van der Waals surface area contributed by atoms with Crippen LogP contribution in [0.2, 0.25) is 0 Å². The molecule has 1 atom stereocenters. The van der Waals surface area contributed by atoms with Crippen LogP contribution < -0.4 is 0 Å². The van der Waals surface area contributed by atoms with Gasteiger partial charge in [-0.25, -0.2) is 4.79 Å². The second-order valence-corrected chi connectivity index (χ2v) is 6.56. The van der Waals surface area contributed by atoms with E-state index in [1.54, 1.807) is 4.90 Å². The number of carboxylic acid groups (broad SMARTS) is 1. The van der Waals surface area contributed by atoms with E-state index in [0.717, 1.165) is 32.4 Å². The average Bonchev–Trinajstić information content (AvgIpc) is 2.38. The largest absolute Gasteiger partial charge is 0.481 e. The molecule has 2 rings (SSSR count). The van der Waals surface area contributed by atoms with E-state index >= 15 is 0 Å². The number of carbonyl (C=O) groups excluding carboxylic acids is 1. The van der Waals surface area contributed by atoms with Gasteiger partial charge in [0.05, 0.1) is 5.92 Å². The Hall–Kier alpha value is -1.26. The van der Waals surface area contributed by atoms with Crippen LogP contribution in [-0.2, 0) is 4.79 Å². The number of carboxylic acids is 1. The van der Waals surface area contributed by atoms with E-state index in [4.69, 9.17) is 5.11 Å². The number of nitrogens with zero attached hydrogens (tertiary/aromatic N) is 2. The van der Waals surface area contributed by atoms with Crippen LogP contribution in [0.25, 0.3) is 0 Å². The second kappa shape index (κ2) is 5.39. The number of likely N-dealkylation sites (tertiary alicyclic amines) is 2. The number of hydrogen-bond acceptors (Lipinski definition) is 2. The molecule has 1 N–H and O–H groups in total. The molecule has 0 spiro atoms. The van der Waals surface area contributed by atoms with Crippen LogP contribution in [-0.4, -0.2) is 53.1 Å². The first kappa shape index (κ1) is 14.2. The van der Waals surface area contributed by atoms with Gasteiger partial charge in [-0.15, -0.1) is 0 Å². The van der Waals surface area contributed by atoms with Crippen molar-refractivity contribution in [1.82, 2.24) is 9.80 Å². The van der Waals surface area contributed by atoms with Crippen LogP contribution in [0, 0.1) is 11.3 Å². The summed E-state index contributed by atoms with van der Waals surface area (Å²) < 4.78 is 0. The molecule has 5 nitrogen and oxygen atoms in total. The zero-order valence-corrected chi connectivity index (χ0v) is 11.9. The van der Waals surface area contributed by atoms with Crippen LogP contribution in [0.4, 0.5) is 4.79 Å². The highest BCUT2D eigenvalue weighted by molar-refractivity contribution is 5.76. The molecule has 0 aromatic carbocycles. The summed E-state index contributed by atoms with van der Waals surface area (Å²) >= 11 is 0. The molecule has 0 aromatic rings. The SMILES string of the molecule is CC1(C)CCN(C(=O)N2CCCC(C(=O)O)C2)CC1. The maximum Gasteiger partial charge on any atom is 0.320 e. The molecule has 5 heteroatoms. The van der Waals surface area contributed by atoms with Crippen molar-refractivity contribution in [2.45, 2.75) is 39.5 Å². The van der Waals surface area contributed by atoms with Crippen molar-refractivity contribution in [3.8, 4) is 0 Å². The number of aliphatic carboxylic acids is 1. The Morgan fingerprint density at radius 2 is 1.74 bits per heavy atom. The van der Waals surface area contributed by atoms with E-state index in [-0.39, 0.29) is 11.9 Å². The molecular formula is C14H24N2O3. The van der Waals surface area contributed by atoms with Gasteiger partial charge in [0.2, 0.25) is 0 Å². The first-order chi connectivity index (χ1) is 8.89. The average molecular weight is 268 g/mol. The van der Waals surface area contributed by atoms with E-state index in [1.807, 2.05) is 4.90 Å². The standard InChI is InChI=1S/C14H24N2O3/c1-14(2)5-8-15(9-6-14)13(19)16-7-3-4-11(10-16)12(17)18/h11H,3-10H2,1-2H3,(H,17,18). The van der Waals surface area contributed by atoms with Crippen molar-refractivity contribution < 1.29 is 14.7 Å². The molecule has 2 aliphatic rings. The minimum Gasteiger partial charge on any atom is -0.481 e. The Kier molecular flexibility index (Phi) is 4.02. The van der Waals surface area contributed by atoms with Crippen LogP contribution in [0.1, 0.15) is 39.5 Å². The highest BCUT2D eigenvalue weighted by Crippen LogP contribution is 2.30. The van der Waals surface area contributed by atoms with Crippen molar-refractivity contribution in [3.63, 3.8) is 0 Å². The second-order valence-electron chi connectivity index (χ2n) is 6.56. The summed E-state index contributed by atoms with van der Waals surface area (Å²) in [5.41, 5.74) is 0.322. The smallest absolute Gasteiger partial charge is 0.320 e. The van der Waals surface area contributed by atoms with E-state index < -0.39 is 5.97 Å². The van der Waals surface area contributed by atoms with Gasteiger partial charge in [-0.2, -0.15) is 0 Å². The molecule has 0 radical (unpaired) electrons. The summed E-state index contributed by atoms with van der Waals surface area (Å²) in [5.74, 6) is -1.17.